The van der Waals surface area contributed by atoms with E-state index >= 15 is 0 Å². The molecule has 1 unspecified atom stereocenters. The lowest BCUT2D eigenvalue weighted by Gasteiger charge is -2.11. The average molecular weight is 348 g/mol. The molecule has 2 N–H and O–H groups in total. The average Bonchev–Trinajstić information content (AvgIpc) is 2.35. The van der Waals surface area contributed by atoms with Gasteiger partial charge in [0, 0.05) is 22.5 Å². The molecule has 0 aromatic heterocycles. The molecule has 0 heterocycles. The number of rotatable bonds is 7. The maximum absolute atomic E-state index is 11.8. The summed E-state index contributed by atoms with van der Waals surface area (Å²) in [4.78, 5) is 0. The van der Waals surface area contributed by atoms with Crippen LogP contribution in [0.2, 0.25) is 0 Å². The molecule has 0 fully saturated rings. The summed E-state index contributed by atoms with van der Waals surface area (Å²) in [6.07, 6.45) is 2.75. The summed E-state index contributed by atoms with van der Waals surface area (Å²) in [5.41, 5.74) is 0.816. The third kappa shape index (κ3) is 6.87. The van der Waals surface area contributed by atoms with Gasteiger partial charge < -0.3 is 5.11 Å². The maximum atomic E-state index is 11.8. The fourth-order valence-corrected chi connectivity index (χ4v) is 2.88. The van der Waals surface area contributed by atoms with Gasteiger partial charge in [0.25, 0.3) is 0 Å². The Morgan fingerprint density at radius 3 is 2.58 bits per heavy atom. The van der Waals surface area contributed by atoms with Crippen LogP contribution in [0, 0.1) is 0 Å². The van der Waals surface area contributed by atoms with Crippen LogP contribution >= 0.6 is 15.9 Å². The minimum absolute atomic E-state index is 0.0702. The molecular formula is C13H18BrNO3S. The summed E-state index contributed by atoms with van der Waals surface area (Å²) in [6.45, 7) is 1.85. The van der Waals surface area contributed by atoms with E-state index in [0.717, 1.165) is 15.4 Å². The first-order valence-corrected chi connectivity index (χ1v) is 8.34. The van der Waals surface area contributed by atoms with E-state index in [1.807, 2.05) is 24.3 Å². The lowest BCUT2D eigenvalue weighted by Crippen LogP contribution is -2.31. The van der Waals surface area contributed by atoms with Crippen molar-refractivity contribution in [3.63, 3.8) is 0 Å². The summed E-state index contributed by atoms with van der Waals surface area (Å²) in [6, 6.07) is 7.16. The van der Waals surface area contributed by atoms with Gasteiger partial charge in [0.15, 0.2) is 0 Å². The van der Waals surface area contributed by atoms with Crippen molar-refractivity contribution in [2.45, 2.75) is 25.8 Å². The molecule has 0 saturated carbocycles. The Balaban J connectivity index is 2.61. The number of halogens is 1. The highest BCUT2D eigenvalue weighted by Gasteiger charge is 2.10. The Morgan fingerprint density at radius 2 is 2.00 bits per heavy atom. The summed E-state index contributed by atoms with van der Waals surface area (Å²) in [5.74, 6) is 0. The van der Waals surface area contributed by atoms with Gasteiger partial charge in [0.05, 0.1) is 0 Å². The summed E-state index contributed by atoms with van der Waals surface area (Å²) in [5, 5.41) is 9.85. The number of hydrogen-bond acceptors (Lipinski definition) is 3. The summed E-state index contributed by atoms with van der Waals surface area (Å²) >= 11 is 3.32. The molecule has 0 aliphatic heterocycles. The van der Waals surface area contributed by atoms with Crippen molar-refractivity contribution >= 4 is 32.0 Å². The zero-order valence-corrected chi connectivity index (χ0v) is 13.1. The second-order valence-corrected chi connectivity index (χ2v) is 6.80. The van der Waals surface area contributed by atoms with Crippen LogP contribution in [-0.2, 0) is 10.0 Å². The zero-order chi connectivity index (χ0) is 14.3. The van der Waals surface area contributed by atoms with Crippen molar-refractivity contribution in [2.75, 3.05) is 6.61 Å². The van der Waals surface area contributed by atoms with E-state index in [9.17, 15) is 8.42 Å². The first-order valence-electron chi connectivity index (χ1n) is 6.00. The lowest BCUT2D eigenvalue weighted by molar-refractivity contribution is 0.279. The third-order valence-electron chi connectivity index (χ3n) is 2.47. The van der Waals surface area contributed by atoms with Gasteiger partial charge in [-0.3, -0.25) is 0 Å². The fraction of sp³-hybridized carbons (Fsp3) is 0.385. The Morgan fingerprint density at radius 1 is 1.37 bits per heavy atom. The van der Waals surface area contributed by atoms with Crippen molar-refractivity contribution in [3.05, 3.63) is 39.7 Å². The molecule has 0 bridgehead atoms. The molecule has 0 amide bonds. The number of sulfonamides is 1. The van der Waals surface area contributed by atoms with Gasteiger partial charge >= 0.3 is 0 Å². The topological polar surface area (TPSA) is 66.4 Å². The molecule has 19 heavy (non-hydrogen) atoms. The molecule has 0 saturated heterocycles. The standard InChI is InChI=1S/C13H18BrNO3S/c1-11(3-2-9-16)15-19(17,18)10-8-12-4-6-13(14)7-5-12/h4-8,10-11,15-16H,2-3,9H2,1H3/b10-8+. The quantitative estimate of drug-likeness (QED) is 0.796. The molecule has 0 aliphatic carbocycles. The molecule has 1 rings (SSSR count). The molecule has 0 radical (unpaired) electrons. The van der Waals surface area contributed by atoms with Crippen molar-refractivity contribution in [2.24, 2.45) is 0 Å². The second-order valence-electron chi connectivity index (χ2n) is 4.28. The summed E-state index contributed by atoms with van der Waals surface area (Å²) < 4.78 is 27.0. The molecule has 0 aliphatic rings. The predicted molar refractivity (Wildman–Crippen MR) is 81.0 cm³/mol. The Labute approximate surface area is 122 Å². The van der Waals surface area contributed by atoms with Crippen molar-refractivity contribution in [1.29, 1.82) is 0 Å². The van der Waals surface area contributed by atoms with Crippen LogP contribution in [0.25, 0.3) is 6.08 Å². The number of hydrogen-bond donors (Lipinski definition) is 2. The Hall–Kier alpha value is -0.690. The van der Waals surface area contributed by atoms with Crippen LogP contribution in [0.15, 0.2) is 34.1 Å². The molecule has 1 aromatic rings. The van der Waals surface area contributed by atoms with Gasteiger partial charge in [0.1, 0.15) is 0 Å². The molecule has 1 aromatic carbocycles. The van der Waals surface area contributed by atoms with E-state index in [1.165, 1.54) is 0 Å². The highest BCUT2D eigenvalue weighted by atomic mass is 79.9. The van der Waals surface area contributed by atoms with E-state index in [2.05, 4.69) is 20.7 Å². The van der Waals surface area contributed by atoms with E-state index in [1.54, 1.807) is 13.0 Å². The Kier molecular flexibility index (Phi) is 6.71. The van der Waals surface area contributed by atoms with Crippen LogP contribution < -0.4 is 4.72 Å². The zero-order valence-electron chi connectivity index (χ0n) is 10.7. The molecule has 106 valence electrons. The minimum atomic E-state index is -3.44. The molecule has 1 atom stereocenters. The molecule has 6 heteroatoms. The fourth-order valence-electron chi connectivity index (χ4n) is 1.52. The van der Waals surface area contributed by atoms with Crippen molar-refractivity contribution < 1.29 is 13.5 Å². The maximum Gasteiger partial charge on any atom is 0.233 e. The van der Waals surface area contributed by atoms with Gasteiger partial charge in [-0.15, -0.1) is 0 Å². The van der Waals surface area contributed by atoms with Gasteiger partial charge in [-0.1, -0.05) is 28.1 Å². The highest BCUT2D eigenvalue weighted by molar-refractivity contribution is 9.10. The SMILES string of the molecule is CC(CCCO)NS(=O)(=O)/C=C/c1ccc(Br)cc1. The smallest absolute Gasteiger partial charge is 0.233 e. The summed E-state index contributed by atoms with van der Waals surface area (Å²) in [7, 11) is -3.44. The van der Waals surface area contributed by atoms with Gasteiger partial charge in [0.2, 0.25) is 10.0 Å². The third-order valence-corrected chi connectivity index (χ3v) is 4.22. The van der Waals surface area contributed by atoms with Gasteiger partial charge in [-0.2, -0.15) is 0 Å². The van der Waals surface area contributed by atoms with Crippen molar-refractivity contribution in [3.8, 4) is 0 Å². The van der Waals surface area contributed by atoms with E-state index in [0.29, 0.717) is 12.8 Å². The van der Waals surface area contributed by atoms with Crippen LogP contribution in [0.1, 0.15) is 25.3 Å². The van der Waals surface area contributed by atoms with Gasteiger partial charge in [-0.05, 0) is 43.5 Å². The predicted octanol–water partition coefficient (Wildman–Crippen LogP) is 2.50. The van der Waals surface area contributed by atoms with Crippen molar-refractivity contribution in [1.82, 2.24) is 4.72 Å². The Bertz CT molecular complexity index is 511. The lowest BCUT2D eigenvalue weighted by atomic mass is 10.2. The number of nitrogens with one attached hydrogen (secondary N) is 1. The molecular weight excluding hydrogens is 330 g/mol. The van der Waals surface area contributed by atoms with Crippen LogP contribution in [0.5, 0.6) is 0 Å². The van der Waals surface area contributed by atoms with E-state index in [-0.39, 0.29) is 12.6 Å². The van der Waals surface area contributed by atoms with Gasteiger partial charge in [-0.25, -0.2) is 13.1 Å². The largest absolute Gasteiger partial charge is 0.396 e. The first kappa shape index (κ1) is 16.4. The monoisotopic (exact) mass is 347 g/mol. The normalized spacial score (nSPS) is 13.8. The van der Waals surface area contributed by atoms with E-state index < -0.39 is 10.0 Å². The van der Waals surface area contributed by atoms with Crippen LogP contribution in [-0.4, -0.2) is 26.2 Å². The first-order chi connectivity index (χ1) is 8.93. The highest BCUT2D eigenvalue weighted by Crippen LogP contribution is 2.12. The number of benzene rings is 1. The number of aliphatic hydroxyl groups is 1. The number of aliphatic hydroxyl groups excluding tert-OH is 1. The minimum Gasteiger partial charge on any atom is -0.396 e. The molecule has 4 nitrogen and oxygen atoms in total. The van der Waals surface area contributed by atoms with E-state index in [4.69, 9.17) is 5.11 Å². The second kappa shape index (κ2) is 7.79. The molecule has 0 spiro atoms. The van der Waals surface area contributed by atoms with Crippen LogP contribution in [0.3, 0.4) is 0 Å². The van der Waals surface area contributed by atoms with Crippen LogP contribution in [0.4, 0.5) is 0 Å².